The van der Waals surface area contributed by atoms with Gasteiger partial charge in [0, 0.05) is 32.2 Å². The van der Waals surface area contributed by atoms with Gasteiger partial charge in [0.25, 0.3) is 0 Å². The van der Waals surface area contributed by atoms with Crippen LogP contribution in [0.5, 0.6) is 0 Å². The molecule has 1 atom stereocenters. The number of thiophene rings is 1. The van der Waals surface area contributed by atoms with Gasteiger partial charge in [-0.1, -0.05) is 0 Å². The van der Waals surface area contributed by atoms with E-state index in [1.807, 2.05) is 21.7 Å². The molecule has 0 N–H and O–H groups in total. The Morgan fingerprint density at radius 1 is 1.29 bits per heavy atom. The number of rotatable bonds is 3. The summed E-state index contributed by atoms with van der Waals surface area (Å²) in [6.07, 6.45) is 1.21. The molecule has 1 aromatic rings. The fourth-order valence-electron chi connectivity index (χ4n) is 3.08. The van der Waals surface area contributed by atoms with Crippen molar-refractivity contribution in [2.75, 3.05) is 37.7 Å². The van der Waals surface area contributed by atoms with E-state index in [9.17, 15) is 13.2 Å². The highest BCUT2D eigenvalue weighted by atomic mass is 32.2. The number of carbonyl (C=O) groups is 1. The van der Waals surface area contributed by atoms with Gasteiger partial charge in [-0.15, -0.1) is 0 Å². The first-order valence-electron chi connectivity index (χ1n) is 7.27. The minimum Gasteiger partial charge on any atom is -0.340 e. The van der Waals surface area contributed by atoms with Crippen LogP contribution >= 0.6 is 11.3 Å². The van der Waals surface area contributed by atoms with Gasteiger partial charge >= 0.3 is 0 Å². The molecule has 0 unspecified atom stereocenters. The van der Waals surface area contributed by atoms with Crippen molar-refractivity contribution in [1.82, 2.24) is 9.80 Å². The van der Waals surface area contributed by atoms with E-state index in [4.69, 9.17) is 0 Å². The fraction of sp³-hybridized carbons (Fsp3) is 0.643. The van der Waals surface area contributed by atoms with Crippen LogP contribution in [0.1, 0.15) is 12.0 Å². The van der Waals surface area contributed by atoms with Gasteiger partial charge in [0.2, 0.25) is 5.91 Å². The van der Waals surface area contributed by atoms with Gasteiger partial charge in [-0.05, 0) is 28.8 Å². The highest BCUT2D eigenvalue weighted by Gasteiger charge is 2.34. The average molecular weight is 328 g/mol. The second kappa shape index (κ2) is 6.06. The first kappa shape index (κ1) is 15.0. The minimum absolute atomic E-state index is 0.157. The number of hydrogen-bond donors (Lipinski definition) is 0. The summed E-state index contributed by atoms with van der Waals surface area (Å²) in [5, 5.41) is 4.00. The van der Waals surface area contributed by atoms with Crippen LogP contribution in [-0.2, 0) is 21.1 Å². The van der Waals surface area contributed by atoms with E-state index in [0.717, 1.165) is 25.1 Å². The van der Waals surface area contributed by atoms with Crippen LogP contribution in [-0.4, -0.2) is 67.9 Å². The lowest BCUT2D eigenvalue weighted by Gasteiger charge is -2.37. The van der Waals surface area contributed by atoms with Crippen LogP contribution in [0.4, 0.5) is 0 Å². The Hall–Kier alpha value is -0.920. The monoisotopic (exact) mass is 328 g/mol. The lowest BCUT2D eigenvalue weighted by Crippen LogP contribution is -2.52. The quantitative estimate of drug-likeness (QED) is 0.816. The predicted molar refractivity (Wildman–Crippen MR) is 83.2 cm³/mol. The number of hydrogen-bond acceptors (Lipinski definition) is 5. The van der Waals surface area contributed by atoms with E-state index in [-0.39, 0.29) is 17.7 Å². The molecule has 7 heteroatoms. The van der Waals surface area contributed by atoms with Crippen molar-refractivity contribution in [1.29, 1.82) is 0 Å². The molecule has 2 fully saturated rings. The maximum absolute atomic E-state index is 12.2. The molecule has 116 valence electrons. The van der Waals surface area contributed by atoms with E-state index in [1.165, 1.54) is 0 Å². The van der Waals surface area contributed by atoms with Crippen molar-refractivity contribution < 1.29 is 13.2 Å². The largest absolute Gasteiger partial charge is 0.340 e. The predicted octanol–water partition coefficient (Wildman–Crippen LogP) is 0.622. The number of nitrogens with zero attached hydrogens (tertiary/aromatic N) is 2. The second-order valence-electron chi connectivity index (χ2n) is 5.78. The third-order valence-corrected chi connectivity index (χ3v) is 6.81. The first-order chi connectivity index (χ1) is 10.0. The van der Waals surface area contributed by atoms with Crippen molar-refractivity contribution >= 4 is 27.1 Å². The van der Waals surface area contributed by atoms with Crippen molar-refractivity contribution in [2.24, 2.45) is 0 Å². The highest BCUT2D eigenvalue weighted by molar-refractivity contribution is 7.91. The van der Waals surface area contributed by atoms with Gasteiger partial charge in [-0.3, -0.25) is 9.69 Å². The molecule has 2 aliphatic heterocycles. The first-order valence-corrected chi connectivity index (χ1v) is 10.0. The molecule has 5 nitrogen and oxygen atoms in total. The average Bonchev–Trinajstić information content (AvgIpc) is 3.08. The van der Waals surface area contributed by atoms with Crippen molar-refractivity contribution in [2.45, 2.75) is 18.9 Å². The van der Waals surface area contributed by atoms with Crippen LogP contribution in [0.15, 0.2) is 16.8 Å². The summed E-state index contributed by atoms with van der Waals surface area (Å²) in [5.74, 6) is 0.775. The fourth-order valence-corrected chi connectivity index (χ4v) is 5.51. The lowest BCUT2D eigenvalue weighted by atomic mass is 10.1. The number of carbonyl (C=O) groups excluding carboxylic acids is 1. The van der Waals surface area contributed by atoms with E-state index >= 15 is 0 Å². The molecule has 0 saturated carbocycles. The van der Waals surface area contributed by atoms with Crippen LogP contribution in [0.3, 0.4) is 0 Å². The van der Waals surface area contributed by atoms with Gasteiger partial charge in [-0.2, -0.15) is 11.3 Å². The van der Waals surface area contributed by atoms with E-state index in [0.29, 0.717) is 25.3 Å². The Morgan fingerprint density at radius 3 is 2.62 bits per heavy atom. The third-order valence-electron chi connectivity index (χ3n) is 4.33. The summed E-state index contributed by atoms with van der Waals surface area (Å²) < 4.78 is 23.1. The minimum atomic E-state index is -2.83. The Kier molecular flexibility index (Phi) is 4.33. The molecule has 0 aliphatic carbocycles. The molecule has 0 aromatic carbocycles. The topological polar surface area (TPSA) is 57.7 Å². The molecule has 21 heavy (non-hydrogen) atoms. The van der Waals surface area contributed by atoms with Crippen LogP contribution in [0, 0.1) is 0 Å². The van der Waals surface area contributed by atoms with Gasteiger partial charge in [0.15, 0.2) is 9.84 Å². The molecule has 1 amide bonds. The van der Waals surface area contributed by atoms with Gasteiger partial charge in [-0.25, -0.2) is 8.42 Å². The number of amides is 1. The Labute approximate surface area is 129 Å². The third kappa shape index (κ3) is 3.64. The smallest absolute Gasteiger partial charge is 0.227 e. The molecule has 3 rings (SSSR count). The van der Waals surface area contributed by atoms with Crippen LogP contribution < -0.4 is 0 Å². The van der Waals surface area contributed by atoms with Crippen LogP contribution in [0.2, 0.25) is 0 Å². The van der Waals surface area contributed by atoms with Gasteiger partial charge in [0.05, 0.1) is 17.9 Å². The zero-order valence-electron chi connectivity index (χ0n) is 11.9. The molecule has 0 radical (unpaired) electrons. The van der Waals surface area contributed by atoms with Crippen molar-refractivity contribution in [3.8, 4) is 0 Å². The molecule has 2 aliphatic rings. The molecular weight excluding hydrogens is 308 g/mol. The van der Waals surface area contributed by atoms with Crippen molar-refractivity contribution in [3.05, 3.63) is 22.4 Å². The highest BCUT2D eigenvalue weighted by Crippen LogP contribution is 2.19. The van der Waals surface area contributed by atoms with Crippen molar-refractivity contribution in [3.63, 3.8) is 0 Å². The summed E-state index contributed by atoms with van der Waals surface area (Å²) >= 11 is 1.61. The summed E-state index contributed by atoms with van der Waals surface area (Å²) in [6.45, 7) is 2.99. The molecule has 2 saturated heterocycles. The van der Waals surface area contributed by atoms with E-state index in [2.05, 4.69) is 4.90 Å². The van der Waals surface area contributed by atoms with Crippen LogP contribution in [0.25, 0.3) is 0 Å². The Balaban J connectivity index is 1.50. The maximum atomic E-state index is 12.2. The summed E-state index contributed by atoms with van der Waals surface area (Å²) in [6, 6.07) is 2.14. The second-order valence-corrected chi connectivity index (χ2v) is 8.79. The summed E-state index contributed by atoms with van der Waals surface area (Å²) in [4.78, 5) is 16.3. The molecule has 3 heterocycles. The molecular formula is C14H20N2O3S2. The van der Waals surface area contributed by atoms with Gasteiger partial charge in [0.1, 0.15) is 0 Å². The zero-order chi connectivity index (χ0) is 14.9. The summed E-state index contributed by atoms with van der Waals surface area (Å²) in [7, 11) is -2.83. The lowest BCUT2D eigenvalue weighted by molar-refractivity contribution is -0.132. The Morgan fingerprint density at radius 2 is 2.05 bits per heavy atom. The maximum Gasteiger partial charge on any atom is 0.227 e. The zero-order valence-corrected chi connectivity index (χ0v) is 13.5. The van der Waals surface area contributed by atoms with Gasteiger partial charge < -0.3 is 4.90 Å². The summed E-state index contributed by atoms with van der Waals surface area (Å²) in [5.41, 5.74) is 1.08. The SMILES string of the molecule is O=C(Cc1ccsc1)N1CCN([C@@H]2CCS(=O)(=O)C2)CC1. The number of sulfone groups is 1. The van der Waals surface area contributed by atoms with E-state index < -0.39 is 9.84 Å². The molecule has 0 spiro atoms. The molecule has 1 aromatic heterocycles. The normalized spacial score (nSPS) is 26.1. The number of piperazine rings is 1. The molecule has 0 bridgehead atoms. The standard InChI is InChI=1S/C14H20N2O3S2/c17-14(9-12-1-7-20-10-12)16-5-3-15(4-6-16)13-2-8-21(18,19)11-13/h1,7,10,13H,2-6,8-9,11H2/t13-/m1/s1. The Bertz CT molecular complexity index is 590. The van der Waals surface area contributed by atoms with E-state index in [1.54, 1.807) is 11.3 Å².